The van der Waals surface area contributed by atoms with E-state index in [1.807, 2.05) is 31.9 Å². The number of nitrogens with one attached hydrogen (secondary N) is 14. The molecule has 0 saturated heterocycles. The number of carbonyl (C=O) groups is 7. The number of primary amides is 1. The molecule has 7 amide bonds. The van der Waals surface area contributed by atoms with Crippen molar-refractivity contribution in [3.63, 3.8) is 0 Å². The van der Waals surface area contributed by atoms with Crippen molar-refractivity contribution in [3.8, 4) is 5.75 Å². The van der Waals surface area contributed by atoms with Gasteiger partial charge in [0.25, 0.3) is 35.4 Å². The highest BCUT2D eigenvalue weighted by Crippen LogP contribution is 2.14. The van der Waals surface area contributed by atoms with E-state index < -0.39 is 108 Å². The molecule has 2 rings (SSSR count). The van der Waals surface area contributed by atoms with E-state index in [2.05, 4.69) is 26.3 Å². The average Bonchev–Trinajstić information content (AvgIpc) is 3.17. The average molecular weight is 856 g/mol. The number of nitrogens with two attached hydrogens (primary N) is 6. The molecule has 0 saturated carbocycles. The van der Waals surface area contributed by atoms with E-state index in [1.165, 1.54) is 48.5 Å². The van der Waals surface area contributed by atoms with Crippen LogP contribution in [0, 0.1) is 21.6 Å². The van der Waals surface area contributed by atoms with Gasteiger partial charge in [0.2, 0.25) is 12.1 Å². The maximum Gasteiger partial charge on any atom is 0.272 e. The Hall–Kier alpha value is -8.80. The number of aliphatic hydroxyl groups excluding tert-OH is 1. The van der Waals surface area contributed by atoms with Crippen molar-refractivity contribution < 1.29 is 43.8 Å². The van der Waals surface area contributed by atoms with Crippen LogP contribution in [0.1, 0.15) is 17.2 Å². The summed E-state index contributed by atoms with van der Waals surface area (Å²) in [6, 6.07) is 11.3. The summed E-state index contributed by atoms with van der Waals surface area (Å²) in [7, 11) is 0. The van der Waals surface area contributed by atoms with Gasteiger partial charge in [-0.05, 0) is 35.4 Å². The van der Waals surface area contributed by atoms with Gasteiger partial charge < -0.3 is 97.8 Å². The smallest absolute Gasteiger partial charge is 0.272 e. The van der Waals surface area contributed by atoms with Crippen LogP contribution in [-0.2, 0) is 33.6 Å². The van der Waals surface area contributed by atoms with Crippen LogP contribution in [0.2, 0.25) is 0 Å². The number of phenols is 1. The predicted molar refractivity (Wildman–Crippen MR) is 212 cm³/mol. The zero-order valence-electron chi connectivity index (χ0n) is 31.5. The number of aliphatic hydroxyl groups is 1. The Bertz CT molecular complexity index is 2020. The lowest BCUT2D eigenvalue weighted by Crippen LogP contribution is -2.69. The van der Waals surface area contributed by atoms with E-state index in [0.717, 1.165) is 6.21 Å². The van der Waals surface area contributed by atoms with Gasteiger partial charge in [-0.3, -0.25) is 60.2 Å². The van der Waals surface area contributed by atoms with E-state index in [9.17, 15) is 43.8 Å². The molecule has 28 N–H and O–H groups in total. The molecule has 328 valence electrons. The summed E-state index contributed by atoms with van der Waals surface area (Å²) >= 11 is 0. The van der Waals surface area contributed by atoms with Gasteiger partial charge in [0.15, 0.2) is 54.7 Å². The third-order valence-corrected chi connectivity index (χ3v) is 7.17. The number of benzene rings is 2. The number of amides is 7. The third kappa shape index (κ3) is 16.7. The number of phenolic OH excluding ortho intramolecular Hbond substituents is 1. The number of nitrogens with zero attached hydrogens (tertiary/aromatic N) is 1. The minimum atomic E-state index is -2.13. The summed E-state index contributed by atoms with van der Waals surface area (Å²) in [5.41, 5.74) is 32.4. The van der Waals surface area contributed by atoms with E-state index in [1.54, 1.807) is 6.07 Å². The molecule has 2 aromatic rings. The lowest BCUT2D eigenvalue weighted by atomic mass is 10.1. The first-order valence-electron chi connectivity index (χ1n) is 16.9. The SMILES string of the molecule is N=C(N)NC(NC(=O)C(NC(=N)N)NC(=O)C(NC(=N)N)NC(=O)C(NC(=N)N)NC(=O)C(NC(=O)C(O)/N=C/c1ccc(O)cc1)c1ccccc1)C(=O)NC(N)C(N)=O. The van der Waals surface area contributed by atoms with Gasteiger partial charge >= 0.3 is 0 Å². The summed E-state index contributed by atoms with van der Waals surface area (Å²) < 4.78 is 0. The lowest BCUT2D eigenvalue weighted by molar-refractivity contribution is -0.136. The van der Waals surface area contributed by atoms with Crippen LogP contribution in [0.5, 0.6) is 5.75 Å². The molecule has 0 bridgehead atoms. The number of carbonyl (C=O) groups excluding carboxylic acids is 7. The standard InChI is InChI=1S/C31H45N21O9/c32-15(16(33)54)44-22(56)17(49-28(34)35)46-24(58)19(51-30(38)39)48-25(59)20(52-31(40)41)47-23(57)18(50-29(36)37)45-21(55)14(12-4-2-1-3-5-12)43-27(61)26(60)42-10-11-6-8-13(53)9-7-11/h1-10,14-15,17-20,26,53,60H,32H2,(H2,33,54)(H,43,61)(H,44,56)(H,45,55)(H,46,58)(H,47,57)(H,48,59)(H4,34,35,49)(H4,36,37,50)(H4,38,39,51)(H4,40,41,52)/b42-10+. The summed E-state index contributed by atoms with van der Waals surface area (Å²) in [4.78, 5) is 94.7. The van der Waals surface area contributed by atoms with Gasteiger partial charge in [0, 0.05) is 6.21 Å². The topological polar surface area (TPSA) is 544 Å². The number of aromatic hydroxyl groups is 1. The molecular weight excluding hydrogens is 810 g/mol. The number of hydrogen-bond donors (Lipinski definition) is 22. The molecule has 0 aliphatic carbocycles. The second-order valence-corrected chi connectivity index (χ2v) is 12.0. The van der Waals surface area contributed by atoms with Crippen LogP contribution in [0.4, 0.5) is 0 Å². The zero-order chi connectivity index (χ0) is 46.0. The predicted octanol–water partition coefficient (Wildman–Crippen LogP) is -9.43. The monoisotopic (exact) mass is 855 g/mol. The molecule has 0 fully saturated rings. The fraction of sp³-hybridized carbons (Fsp3) is 0.226. The van der Waals surface area contributed by atoms with Gasteiger partial charge in [-0.25, -0.2) is 0 Å². The van der Waals surface area contributed by atoms with Gasteiger partial charge in [-0.1, -0.05) is 30.3 Å². The van der Waals surface area contributed by atoms with Crippen LogP contribution < -0.4 is 87.6 Å². The Morgan fingerprint density at radius 2 is 0.902 bits per heavy atom. The van der Waals surface area contributed by atoms with Gasteiger partial charge in [-0.2, -0.15) is 0 Å². The summed E-state index contributed by atoms with van der Waals surface area (Å²) in [6.45, 7) is 0. The van der Waals surface area contributed by atoms with Crippen LogP contribution in [0.3, 0.4) is 0 Å². The minimum absolute atomic E-state index is 0.0437. The number of guanidine groups is 4. The summed E-state index contributed by atoms with van der Waals surface area (Å²) in [5, 5.41) is 70.9. The number of aliphatic imine (C=N–C) groups is 1. The molecule has 7 atom stereocenters. The quantitative estimate of drug-likeness (QED) is 0.0334. The van der Waals surface area contributed by atoms with E-state index in [4.69, 9.17) is 56.0 Å². The molecule has 0 spiro atoms. The van der Waals surface area contributed by atoms with Crippen molar-refractivity contribution in [1.82, 2.24) is 53.2 Å². The van der Waals surface area contributed by atoms with E-state index in [-0.39, 0.29) is 11.3 Å². The Morgan fingerprint density at radius 1 is 0.525 bits per heavy atom. The van der Waals surface area contributed by atoms with Crippen LogP contribution in [0.15, 0.2) is 59.6 Å². The van der Waals surface area contributed by atoms with Crippen molar-refractivity contribution >= 4 is 71.4 Å². The molecule has 0 radical (unpaired) electrons. The van der Waals surface area contributed by atoms with Crippen molar-refractivity contribution in [2.24, 2.45) is 39.4 Å². The fourth-order valence-electron chi connectivity index (χ4n) is 4.45. The fourth-order valence-corrected chi connectivity index (χ4v) is 4.45. The molecule has 61 heavy (non-hydrogen) atoms. The van der Waals surface area contributed by atoms with Gasteiger partial charge in [-0.15, -0.1) is 0 Å². The van der Waals surface area contributed by atoms with E-state index in [0.29, 0.717) is 5.56 Å². The second-order valence-electron chi connectivity index (χ2n) is 12.0. The van der Waals surface area contributed by atoms with Crippen LogP contribution in [-0.4, -0.2) is 119 Å². The summed E-state index contributed by atoms with van der Waals surface area (Å²) in [5.74, 6) is -12.7. The van der Waals surface area contributed by atoms with Crippen molar-refractivity contribution in [3.05, 3.63) is 65.7 Å². The van der Waals surface area contributed by atoms with Crippen LogP contribution >= 0.6 is 0 Å². The van der Waals surface area contributed by atoms with Crippen molar-refractivity contribution in [1.29, 1.82) is 21.6 Å². The maximum atomic E-state index is 13.7. The minimum Gasteiger partial charge on any atom is -0.508 e. The molecule has 0 heterocycles. The molecule has 0 aliphatic heterocycles. The molecule has 30 heteroatoms. The number of rotatable bonds is 20. The first-order valence-corrected chi connectivity index (χ1v) is 16.9. The van der Waals surface area contributed by atoms with E-state index >= 15 is 0 Å². The zero-order valence-corrected chi connectivity index (χ0v) is 31.5. The lowest BCUT2D eigenvalue weighted by Gasteiger charge is -2.28. The summed E-state index contributed by atoms with van der Waals surface area (Å²) in [6.07, 6.45) is -11.0. The Balaban J connectivity index is 2.35. The Labute approximate surface area is 343 Å². The number of hydrogen-bond acceptors (Lipinski definition) is 15. The van der Waals surface area contributed by atoms with Gasteiger partial charge in [0.1, 0.15) is 11.8 Å². The van der Waals surface area contributed by atoms with Crippen molar-refractivity contribution in [2.45, 2.75) is 43.1 Å². The molecule has 7 unspecified atom stereocenters. The van der Waals surface area contributed by atoms with Gasteiger partial charge in [0.05, 0.1) is 0 Å². The highest BCUT2D eigenvalue weighted by atomic mass is 16.3. The largest absolute Gasteiger partial charge is 0.508 e. The highest BCUT2D eigenvalue weighted by molar-refractivity contribution is 6.00. The van der Waals surface area contributed by atoms with Crippen molar-refractivity contribution in [2.75, 3.05) is 0 Å². The maximum absolute atomic E-state index is 13.7. The first kappa shape index (κ1) is 48.3. The normalized spacial score (nSPS) is 14.0. The highest BCUT2D eigenvalue weighted by Gasteiger charge is 2.34. The molecular formula is C31H45N21O9. The third-order valence-electron chi connectivity index (χ3n) is 7.17. The molecule has 2 aromatic carbocycles. The Kier molecular flexibility index (Phi) is 18.1. The Morgan fingerprint density at radius 3 is 1.28 bits per heavy atom. The molecule has 30 nitrogen and oxygen atoms in total. The second kappa shape index (κ2) is 22.8. The molecule has 0 aliphatic rings. The van der Waals surface area contributed by atoms with Crippen LogP contribution in [0.25, 0.3) is 0 Å². The first-order chi connectivity index (χ1) is 28.6. The molecule has 0 aromatic heterocycles.